The standard InChI is InChI=1S/C31H44O11/c1-11-23(6)37-20-31(21-40-26(34)14-4,22-41-27(35)15-5)29(9,10)42-19-30(16-28(7,8)36,17-38-24(32)12-2)18-39-25(33)13-3/h11-15,36H,1-6,16-22H2,7-10H3. The first kappa shape index (κ1) is 38.0. The van der Waals surface area contributed by atoms with Crippen molar-refractivity contribution in [3.05, 3.63) is 75.6 Å². The molecule has 0 saturated heterocycles. The molecule has 0 aliphatic carbocycles. The third-order valence-electron chi connectivity index (χ3n) is 6.27. The summed E-state index contributed by atoms with van der Waals surface area (Å²) in [7, 11) is 0. The first-order valence-electron chi connectivity index (χ1n) is 12.9. The number of allylic oxidation sites excluding steroid dienone is 1. The van der Waals surface area contributed by atoms with Gasteiger partial charge in [0.25, 0.3) is 0 Å². The Balaban J connectivity index is 6.78. The fraction of sp³-hybridized carbons (Fsp3) is 0.484. The molecule has 0 bridgehead atoms. The number of hydrogen-bond acceptors (Lipinski definition) is 11. The molecule has 0 aromatic rings. The van der Waals surface area contributed by atoms with Gasteiger partial charge in [0.1, 0.15) is 44.2 Å². The van der Waals surface area contributed by atoms with Crippen LogP contribution in [0.2, 0.25) is 0 Å². The number of esters is 4. The quantitative estimate of drug-likeness (QED) is 0.0648. The van der Waals surface area contributed by atoms with Crippen LogP contribution in [-0.4, -0.2) is 79.8 Å². The van der Waals surface area contributed by atoms with E-state index >= 15 is 0 Å². The Morgan fingerprint density at radius 3 is 1.29 bits per heavy atom. The van der Waals surface area contributed by atoms with Gasteiger partial charge >= 0.3 is 23.9 Å². The van der Waals surface area contributed by atoms with Gasteiger partial charge in [-0.1, -0.05) is 39.5 Å². The average Bonchev–Trinajstić information content (AvgIpc) is 2.95. The largest absolute Gasteiger partial charge is 0.493 e. The van der Waals surface area contributed by atoms with E-state index in [9.17, 15) is 24.3 Å². The third kappa shape index (κ3) is 13.1. The summed E-state index contributed by atoms with van der Waals surface area (Å²) in [6.45, 7) is 25.3. The van der Waals surface area contributed by atoms with E-state index in [1.165, 1.54) is 19.9 Å². The fourth-order valence-corrected chi connectivity index (χ4v) is 3.72. The minimum atomic E-state index is -1.38. The number of aliphatic hydroxyl groups is 1. The maximum absolute atomic E-state index is 12.1. The molecule has 0 rings (SSSR count). The number of carbonyl (C=O) groups is 4. The zero-order valence-corrected chi connectivity index (χ0v) is 25.1. The van der Waals surface area contributed by atoms with Crippen LogP contribution in [-0.2, 0) is 47.6 Å². The highest BCUT2D eigenvalue weighted by Gasteiger charge is 2.51. The molecule has 0 radical (unpaired) electrons. The Morgan fingerprint density at radius 2 is 0.952 bits per heavy atom. The molecule has 0 amide bonds. The fourth-order valence-electron chi connectivity index (χ4n) is 3.72. The average molecular weight is 593 g/mol. The van der Waals surface area contributed by atoms with Crippen LogP contribution in [0.4, 0.5) is 0 Å². The Hall–Kier alpha value is -3.96. The van der Waals surface area contributed by atoms with Gasteiger partial charge in [-0.2, -0.15) is 0 Å². The van der Waals surface area contributed by atoms with Gasteiger partial charge in [-0.25, -0.2) is 19.2 Å². The molecule has 0 atom stereocenters. The van der Waals surface area contributed by atoms with Crippen LogP contribution in [0.15, 0.2) is 75.6 Å². The Bertz CT molecular complexity index is 946. The lowest BCUT2D eigenvalue weighted by molar-refractivity contribution is -0.208. The van der Waals surface area contributed by atoms with Crippen molar-refractivity contribution in [2.45, 2.75) is 45.3 Å². The van der Waals surface area contributed by atoms with Crippen molar-refractivity contribution in [2.24, 2.45) is 10.8 Å². The van der Waals surface area contributed by atoms with E-state index in [1.54, 1.807) is 13.8 Å². The molecular formula is C31H44O11. The summed E-state index contributed by atoms with van der Waals surface area (Å²) in [6.07, 6.45) is 5.17. The summed E-state index contributed by atoms with van der Waals surface area (Å²) >= 11 is 0. The lowest BCUT2D eigenvalue weighted by atomic mass is 9.74. The second kappa shape index (κ2) is 17.1. The second-order valence-corrected chi connectivity index (χ2v) is 10.8. The number of carbonyl (C=O) groups excluding carboxylic acids is 4. The smallest absolute Gasteiger partial charge is 0.330 e. The van der Waals surface area contributed by atoms with E-state index in [2.05, 4.69) is 39.5 Å². The summed E-state index contributed by atoms with van der Waals surface area (Å²) in [5, 5.41) is 10.8. The van der Waals surface area contributed by atoms with E-state index in [-0.39, 0.29) is 51.8 Å². The van der Waals surface area contributed by atoms with E-state index in [0.29, 0.717) is 0 Å². The van der Waals surface area contributed by atoms with Crippen molar-refractivity contribution in [3.63, 3.8) is 0 Å². The van der Waals surface area contributed by atoms with Crippen LogP contribution < -0.4 is 0 Å². The van der Waals surface area contributed by atoms with Crippen molar-refractivity contribution in [2.75, 3.05) is 39.6 Å². The number of hydrogen-bond donors (Lipinski definition) is 1. The molecule has 0 aromatic carbocycles. The van der Waals surface area contributed by atoms with Crippen LogP contribution >= 0.6 is 0 Å². The van der Waals surface area contributed by atoms with E-state index in [0.717, 1.165) is 24.3 Å². The predicted octanol–water partition coefficient (Wildman–Crippen LogP) is 3.55. The van der Waals surface area contributed by atoms with Crippen molar-refractivity contribution in [3.8, 4) is 0 Å². The predicted molar refractivity (Wildman–Crippen MR) is 156 cm³/mol. The maximum Gasteiger partial charge on any atom is 0.330 e. The van der Waals surface area contributed by atoms with E-state index in [1.807, 2.05) is 0 Å². The molecule has 0 heterocycles. The molecule has 0 aliphatic rings. The summed E-state index contributed by atoms with van der Waals surface area (Å²) in [6, 6.07) is 0. The minimum Gasteiger partial charge on any atom is -0.493 e. The highest BCUT2D eigenvalue weighted by atomic mass is 16.6. The lowest BCUT2D eigenvalue weighted by Crippen LogP contribution is -2.57. The Kier molecular flexibility index (Phi) is 15.5. The number of rotatable bonds is 22. The summed E-state index contributed by atoms with van der Waals surface area (Å²) in [4.78, 5) is 48.2. The van der Waals surface area contributed by atoms with Gasteiger partial charge < -0.3 is 33.5 Å². The first-order chi connectivity index (χ1) is 19.4. The third-order valence-corrected chi connectivity index (χ3v) is 6.27. The molecule has 0 aromatic heterocycles. The molecule has 0 unspecified atom stereocenters. The molecule has 0 fully saturated rings. The SMILES string of the molecule is C=CC(=C)OCC(COC(=O)C=C)(COC(=O)C=C)C(C)(C)OCC(COC(=O)C=C)(COC(=O)C=C)CC(C)(C)O. The van der Waals surface area contributed by atoms with Crippen LogP contribution in [0.25, 0.3) is 0 Å². The Morgan fingerprint density at radius 1 is 0.595 bits per heavy atom. The molecule has 1 N–H and O–H groups in total. The van der Waals surface area contributed by atoms with Crippen LogP contribution in [0, 0.1) is 10.8 Å². The molecule has 11 heteroatoms. The monoisotopic (exact) mass is 592 g/mol. The highest BCUT2D eigenvalue weighted by molar-refractivity contribution is 5.82. The Labute approximate surface area is 248 Å². The molecule has 0 spiro atoms. The summed E-state index contributed by atoms with van der Waals surface area (Å²) in [5.74, 6) is -2.82. The topological polar surface area (TPSA) is 144 Å². The molecule has 42 heavy (non-hydrogen) atoms. The zero-order valence-electron chi connectivity index (χ0n) is 25.1. The normalized spacial score (nSPS) is 11.7. The van der Waals surface area contributed by atoms with Crippen molar-refractivity contribution >= 4 is 23.9 Å². The van der Waals surface area contributed by atoms with Gasteiger partial charge in [-0.3, -0.25) is 0 Å². The van der Waals surface area contributed by atoms with Gasteiger partial charge in [0, 0.05) is 24.3 Å². The summed E-state index contributed by atoms with van der Waals surface area (Å²) < 4.78 is 33.6. The van der Waals surface area contributed by atoms with Gasteiger partial charge in [0.2, 0.25) is 0 Å². The zero-order chi connectivity index (χ0) is 32.6. The number of ether oxygens (including phenoxy) is 6. The second-order valence-electron chi connectivity index (χ2n) is 10.8. The highest BCUT2D eigenvalue weighted by Crippen LogP contribution is 2.40. The van der Waals surface area contributed by atoms with Crippen molar-refractivity contribution in [1.82, 2.24) is 0 Å². The van der Waals surface area contributed by atoms with Gasteiger partial charge in [0.05, 0.1) is 23.2 Å². The molecule has 0 saturated carbocycles. The van der Waals surface area contributed by atoms with Crippen LogP contribution in [0.3, 0.4) is 0 Å². The van der Waals surface area contributed by atoms with Crippen LogP contribution in [0.5, 0.6) is 0 Å². The summed E-state index contributed by atoms with van der Waals surface area (Å²) in [5.41, 5.74) is -5.37. The molecule has 0 aliphatic heterocycles. The van der Waals surface area contributed by atoms with Gasteiger partial charge in [-0.05, 0) is 40.2 Å². The van der Waals surface area contributed by atoms with E-state index < -0.39 is 45.9 Å². The molecule has 234 valence electrons. The van der Waals surface area contributed by atoms with Crippen LogP contribution in [0.1, 0.15) is 34.1 Å². The maximum atomic E-state index is 12.1. The molecular weight excluding hydrogens is 548 g/mol. The van der Waals surface area contributed by atoms with Gasteiger partial charge in [-0.15, -0.1) is 0 Å². The van der Waals surface area contributed by atoms with Crippen molar-refractivity contribution in [1.29, 1.82) is 0 Å². The lowest BCUT2D eigenvalue weighted by Gasteiger charge is -2.47. The van der Waals surface area contributed by atoms with Gasteiger partial charge in [0.15, 0.2) is 0 Å². The van der Waals surface area contributed by atoms with E-state index in [4.69, 9.17) is 28.4 Å². The first-order valence-corrected chi connectivity index (χ1v) is 12.9. The molecule has 11 nitrogen and oxygen atoms in total. The minimum absolute atomic E-state index is 0.0569. The van der Waals surface area contributed by atoms with Crippen molar-refractivity contribution < 1.29 is 52.7 Å².